The van der Waals surface area contributed by atoms with Gasteiger partial charge in [0.05, 0.1) is 0 Å². The van der Waals surface area contributed by atoms with Gasteiger partial charge in [-0.25, -0.2) is 0 Å². The van der Waals surface area contributed by atoms with Gasteiger partial charge in [-0.1, -0.05) is 25.0 Å². The molecule has 0 amide bonds. The molecule has 2 heteroatoms. The maximum atomic E-state index is 3.65. The third kappa shape index (κ3) is 2.22. The third-order valence-corrected chi connectivity index (χ3v) is 3.87. The first kappa shape index (κ1) is 10.8. The van der Waals surface area contributed by atoms with Crippen molar-refractivity contribution in [3.05, 3.63) is 35.5 Å². The summed E-state index contributed by atoms with van der Waals surface area (Å²) >= 11 is 0. The molecule has 0 saturated heterocycles. The van der Waals surface area contributed by atoms with Crippen molar-refractivity contribution in [3.8, 4) is 0 Å². The van der Waals surface area contributed by atoms with E-state index in [-0.39, 0.29) is 0 Å². The second kappa shape index (κ2) is 4.53. The Bertz CT molecular complexity index is 507. The second-order valence-electron chi connectivity index (χ2n) is 5.19. The summed E-state index contributed by atoms with van der Waals surface area (Å²) in [6.45, 7) is 3.14. The molecule has 0 spiro atoms. The summed E-state index contributed by atoms with van der Waals surface area (Å²) in [5.41, 5.74) is 3.92. The van der Waals surface area contributed by atoms with Gasteiger partial charge in [-0.3, -0.25) is 0 Å². The van der Waals surface area contributed by atoms with E-state index in [4.69, 9.17) is 0 Å². The summed E-state index contributed by atoms with van der Waals surface area (Å²) in [5, 5.41) is 5.00. The Morgan fingerprint density at radius 3 is 2.88 bits per heavy atom. The number of fused-ring (bicyclic) bond motifs is 1. The van der Waals surface area contributed by atoms with Crippen molar-refractivity contribution >= 4 is 10.9 Å². The average molecular weight is 228 g/mol. The fourth-order valence-corrected chi connectivity index (χ4v) is 2.84. The molecule has 90 valence electrons. The Morgan fingerprint density at radius 2 is 2.12 bits per heavy atom. The van der Waals surface area contributed by atoms with Gasteiger partial charge in [0.25, 0.3) is 0 Å². The minimum atomic E-state index is 0.738. The van der Waals surface area contributed by atoms with Gasteiger partial charge in [0.1, 0.15) is 0 Å². The van der Waals surface area contributed by atoms with E-state index in [1.165, 1.54) is 47.8 Å². The van der Waals surface area contributed by atoms with Gasteiger partial charge in [-0.05, 0) is 37.5 Å². The molecule has 2 N–H and O–H groups in total. The lowest BCUT2D eigenvalue weighted by Gasteiger charge is -2.10. The lowest BCUT2D eigenvalue weighted by Crippen LogP contribution is -2.25. The van der Waals surface area contributed by atoms with Crippen molar-refractivity contribution in [1.82, 2.24) is 10.3 Å². The molecule has 1 fully saturated rings. The van der Waals surface area contributed by atoms with Gasteiger partial charge in [0, 0.05) is 29.2 Å². The summed E-state index contributed by atoms with van der Waals surface area (Å²) in [6.07, 6.45) is 5.48. The van der Waals surface area contributed by atoms with Gasteiger partial charge in [-0.15, -0.1) is 0 Å². The predicted octanol–water partition coefficient (Wildman–Crippen LogP) is 3.51. The number of hydrogen-bond acceptors (Lipinski definition) is 1. The van der Waals surface area contributed by atoms with E-state index in [2.05, 4.69) is 41.5 Å². The molecular formula is C15H20N2. The Kier molecular flexibility index (Phi) is 2.89. The zero-order chi connectivity index (χ0) is 11.7. The van der Waals surface area contributed by atoms with Crippen LogP contribution in [0.5, 0.6) is 0 Å². The maximum absolute atomic E-state index is 3.65. The van der Waals surface area contributed by atoms with E-state index in [0.717, 1.165) is 12.6 Å². The van der Waals surface area contributed by atoms with Crippen molar-refractivity contribution in [1.29, 1.82) is 0 Å². The first-order valence-corrected chi connectivity index (χ1v) is 6.63. The number of aromatic amines is 1. The van der Waals surface area contributed by atoms with E-state index in [0.29, 0.717) is 0 Å². The minimum Gasteiger partial charge on any atom is -0.357 e. The molecule has 1 aliphatic rings. The van der Waals surface area contributed by atoms with Crippen LogP contribution in [0.4, 0.5) is 0 Å². The quantitative estimate of drug-likeness (QED) is 0.826. The fourth-order valence-electron chi connectivity index (χ4n) is 2.84. The van der Waals surface area contributed by atoms with Gasteiger partial charge >= 0.3 is 0 Å². The topological polar surface area (TPSA) is 27.8 Å². The van der Waals surface area contributed by atoms with E-state index in [9.17, 15) is 0 Å². The molecule has 1 aliphatic carbocycles. The molecule has 0 bridgehead atoms. The van der Waals surface area contributed by atoms with Crippen LogP contribution in [0.15, 0.2) is 24.3 Å². The normalized spacial score (nSPS) is 17.0. The van der Waals surface area contributed by atoms with Crippen LogP contribution in [-0.4, -0.2) is 11.0 Å². The van der Waals surface area contributed by atoms with Gasteiger partial charge in [0.15, 0.2) is 0 Å². The van der Waals surface area contributed by atoms with Crippen LogP contribution in [0, 0.1) is 6.92 Å². The van der Waals surface area contributed by atoms with Crippen molar-refractivity contribution < 1.29 is 0 Å². The zero-order valence-corrected chi connectivity index (χ0v) is 10.4. The van der Waals surface area contributed by atoms with Crippen molar-refractivity contribution in [2.24, 2.45) is 0 Å². The molecule has 0 radical (unpaired) electrons. The van der Waals surface area contributed by atoms with Crippen LogP contribution >= 0.6 is 0 Å². The Balaban J connectivity index is 1.74. The number of aromatic nitrogens is 1. The lowest BCUT2D eigenvalue weighted by atomic mass is 10.1. The Morgan fingerprint density at radius 1 is 1.29 bits per heavy atom. The summed E-state index contributed by atoms with van der Waals surface area (Å²) in [6, 6.07) is 9.46. The molecule has 0 unspecified atom stereocenters. The van der Waals surface area contributed by atoms with E-state index < -0.39 is 0 Å². The summed E-state index contributed by atoms with van der Waals surface area (Å²) in [5.74, 6) is 0. The number of aryl methyl sites for hydroxylation is 1. The first-order chi connectivity index (χ1) is 8.33. The molecule has 2 aromatic rings. The molecule has 3 rings (SSSR count). The van der Waals surface area contributed by atoms with Crippen molar-refractivity contribution in [2.45, 2.75) is 45.2 Å². The molecule has 2 nitrogen and oxygen atoms in total. The number of H-pyrrole nitrogens is 1. The standard InChI is InChI=1S/C15H20N2/c1-11-5-4-8-15-14(11)9-13(17-15)10-16-12-6-2-3-7-12/h4-5,8-9,12,16-17H,2-3,6-7,10H2,1H3. The monoisotopic (exact) mass is 228 g/mol. The maximum Gasteiger partial charge on any atom is 0.0459 e. The van der Waals surface area contributed by atoms with E-state index >= 15 is 0 Å². The minimum absolute atomic E-state index is 0.738. The molecule has 1 heterocycles. The highest BCUT2D eigenvalue weighted by Gasteiger charge is 2.14. The first-order valence-electron chi connectivity index (χ1n) is 6.63. The summed E-state index contributed by atoms with van der Waals surface area (Å²) in [7, 11) is 0. The largest absolute Gasteiger partial charge is 0.357 e. The molecule has 1 aromatic carbocycles. The molecule has 17 heavy (non-hydrogen) atoms. The Labute approximate surface area is 102 Å². The van der Waals surface area contributed by atoms with Crippen LogP contribution in [0.2, 0.25) is 0 Å². The van der Waals surface area contributed by atoms with Gasteiger partial charge in [0.2, 0.25) is 0 Å². The molecule has 0 atom stereocenters. The molecule has 0 aliphatic heterocycles. The number of nitrogens with one attached hydrogen (secondary N) is 2. The van der Waals surface area contributed by atoms with Gasteiger partial charge in [-0.2, -0.15) is 0 Å². The van der Waals surface area contributed by atoms with E-state index in [1.54, 1.807) is 0 Å². The summed E-state index contributed by atoms with van der Waals surface area (Å²) in [4.78, 5) is 3.50. The van der Waals surface area contributed by atoms with Crippen LogP contribution < -0.4 is 5.32 Å². The van der Waals surface area contributed by atoms with Crippen LogP contribution in [0.3, 0.4) is 0 Å². The lowest BCUT2D eigenvalue weighted by molar-refractivity contribution is 0.520. The number of hydrogen-bond donors (Lipinski definition) is 2. The molecule has 1 aromatic heterocycles. The highest BCUT2D eigenvalue weighted by atomic mass is 14.9. The van der Waals surface area contributed by atoms with Crippen molar-refractivity contribution in [2.75, 3.05) is 0 Å². The summed E-state index contributed by atoms with van der Waals surface area (Å²) < 4.78 is 0. The second-order valence-corrected chi connectivity index (χ2v) is 5.19. The number of rotatable bonds is 3. The highest BCUT2D eigenvalue weighted by molar-refractivity contribution is 5.83. The molecule has 1 saturated carbocycles. The predicted molar refractivity (Wildman–Crippen MR) is 72.1 cm³/mol. The molecular weight excluding hydrogens is 208 g/mol. The Hall–Kier alpha value is -1.28. The fraction of sp³-hybridized carbons (Fsp3) is 0.467. The van der Waals surface area contributed by atoms with Crippen LogP contribution in [0.25, 0.3) is 10.9 Å². The van der Waals surface area contributed by atoms with Gasteiger partial charge < -0.3 is 10.3 Å². The zero-order valence-electron chi connectivity index (χ0n) is 10.4. The number of benzene rings is 1. The average Bonchev–Trinajstić information content (AvgIpc) is 2.95. The smallest absolute Gasteiger partial charge is 0.0459 e. The van der Waals surface area contributed by atoms with Crippen molar-refractivity contribution in [3.63, 3.8) is 0 Å². The SMILES string of the molecule is Cc1cccc2[nH]c(CNC3CCCC3)cc12. The third-order valence-electron chi connectivity index (χ3n) is 3.87. The van der Waals surface area contributed by atoms with Crippen LogP contribution in [-0.2, 0) is 6.54 Å². The van der Waals surface area contributed by atoms with Crippen LogP contribution in [0.1, 0.15) is 36.9 Å². The highest BCUT2D eigenvalue weighted by Crippen LogP contribution is 2.21. The van der Waals surface area contributed by atoms with E-state index in [1.807, 2.05) is 0 Å².